The van der Waals surface area contributed by atoms with Crippen molar-refractivity contribution in [3.63, 3.8) is 0 Å². The largest absolute Gasteiger partial charge is 0.215 e. The lowest BCUT2D eigenvalue weighted by molar-refractivity contribution is -0.666. The molecule has 0 bridgehead atoms. The molecule has 0 spiro atoms. The van der Waals surface area contributed by atoms with E-state index in [-0.39, 0.29) is 0 Å². The van der Waals surface area contributed by atoms with Crippen LogP contribution >= 0.6 is 0 Å². The summed E-state index contributed by atoms with van der Waals surface area (Å²) in [6.07, 6.45) is 9.99. The van der Waals surface area contributed by atoms with Crippen LogP contribution in [0.15, 0.2) is 231 Å². The summed E-state index contributed by atoms with van der Waals surface area (Å²) < 4.78 is 79.5. The Morgan fingerprint density at radius 2 is 0.670 bits per heavy atom. The SMILES string of the molecule is Cc1cc(C)c(-c2ccccc2C)[n+](C)c1.Cc1ccccc1-c1c(C)c(C)c(C)c[n+]1C.Cc1ccccc1-c1c(C)c(C)cc[n+]1C.[2H]C([2H])([2H])c1cc[n+](C)c(-c2ccccc2C)c1.[2H]C([2H])([2H])c1ccc(-c2ccccc2C)[n+](C)c1.[2H]C([2H])([2H])c1cccc(-c2ccccc2C)[n+]1C. The molecule has 6 nitrogen and oxygen atoms in total. The summed E-state index contributed by atoms with van der Waals surface area (Å²) in [6.45, 7) is 21.6. The molecule has 12 aromatic rings. The van der Waals surface area contributed by atoms with Gasteiger partial charge in [0.15, 0.2) is 36.7 Å². The number of rotatable bonds is 6. The van der Waals surface area contributed by atoms with Crippen LogP contribution in [0.5, 0.6) is 0 Å². The molecule has 0 atom stereocenters. The van der Waals surface area contributed by atoms with Crippen LogP contribution in [0.25, 0.3) is 67.5 Å². The van der Waals surface area contributed by atoms with Crippen LogP contribution in [0.3, 0.4) is 0 Å². The molecule has 0 aliphatic heterocycles. The Hall–Kier alpha value is -9.78. The molecule has 12 rings (SSSR count). The highest BCUT2D eigenvalue weighted by Crippen LogP contribution is 2.29. The minimum Gasteiger partial charge on any atom is -0.201 e. The van der Waals surface area contributed by atoms with Crippen molar-refractivity contribution in [3.05, 3.63) is 320 Å². The maximum Gasteiger partial charge on any atom is 0.215 e. The minimum atomic E-state index is -2.09. The molecule has 0 N–H and O–H groups in total. The molecule has 6 aromatic carbocycles. The topological polar surface area (TPSA) is 23.3 Å². The Morgan fingerprint density at radius 3 is 1.14 bits per heavy atom. The second-order valence-electron chi connectivity index (χ2n) is 24.8. The lowest BCUT2D eigenvalue weighted by Gasteiger charge is -2.10. The van der Waals surface area contributed by atoms with Gasteiger partial charge in [0, 0.05) is 122 Å². The smallest absolute Gasteiger partial charge is 0.201 e. The number of aromatic nitrogens is 6. The van der Waals surface area contributed by atoms with E-state index >= 15 is 0 Å². The second-order valence-corrected chi connectivity index (χ2v) is 24.8. The molecular formula is C88H104N6+6. The summed E-state index contributed by atoms with van der Waals surface area (Å²) in [7, 11) is 11.9. The first-order chi connectivity index (χ1) is 48.4. The summed E-state index contributed by atoms with van der Waals surface area (Å²) in [4.78, 5) is 0. The van der Waals surface area contributed by atoms with Gasteiger partial charge in [-0.25, -0.2) is 22.8 Å². The number of aryl methyl sites for hydroxylation is 18. The quantitative estimate of drug-likeness (QED) is 0.148. The molecule has 480 valence electrons. The maximum absolute atomic E-state index is 7.54. The fraction of sp³-hybridized carbons (Fsp3) is 0.250. The summed E-state index contributed by atoms with van der Waals surface area (Å²) in [5, 5.41) is 0. The lowest BCUT2D eigenvalue weighted by atomic mass is 9.97. The third-order valence-electron chi connectivity index (χ3n) is 17.6. The van der Waals surface area contributed by atoms with Crippen molar-refractivity contribution in [2.24, 2.45) is 42.3 Å². The molecule has 0 radical (unpaired) electrons. The molecule has 0 aliphatic rings. The predicted molar refractivity (Wildman–Crippen MR) is 394 cm³/mol. The van der Waals surface area contributed by atoms with E-state index in [1.54, 1.807) is 54.3 Å². The Kier molecular flexibility index (Phi) is 20.9. The summed E-state index contributed by atoms with van der Waals surface area (Å²) >= 11 is 0. The fourth-order valence-corrected chi connectivity index (χ4v) is 12.0. The van der Waals surface area contributed by atoms with Gasteiger partial charge >= 0.3 is 0 Å². The fourth-order valence-electron chi connectivity index (χ4n) is 12.0. The molecule has 6 heterocycles. The molecule has 0 amide bonds. The molecule has 0 unspecified atom stereocenters. The number of hydrogen-bond acceptors (Lipinski definition) is 0. The van der Waals surface area contributed by atoms with Crippen molar-refractivity contribution >= 4 is 0 Å². The van der Waals surface area contributed by atoms with Gasteiger partial charge in [-0.3, -0.25) is 0 Å². The van der Waals surface area contributed by atoms with Crippen molar-refractivity contribution in [1.82, 2.24) is 0 Å². The molecule has 0 fully saturated rings. The van der Waals surface area contributed by atoms with Crippen molar-refractivity contribution in [2.75, 3.05) is 0 Å². The van der Waals surface area contributed by atoms with E-state index in [1.807, 2.05) is 129 Å². The number of nitrogens with zero attached hydrogens (tertiary/aromatic N) is 6. The highest BCUT2D eigenvalue weighted by Gasteiger charge is 2.21. The van der Waals surface area contributed by atoms with E-state index in [1.165, 1.54) is 95.0 Å². The normalized spacial score (nSPS) is 12.3. The highest BCUT2D eigenvalue weighted by atomic mass is 15.0. The van der Waals surface area contributed by atoms with Crippen LogP contribution in [-0.2, 0) is 42.3 Å². The van der Waals surface area contributed by atoms with Crippen LogP contribution in [0.1, 0.15) is 101 Å². The van der Waals surface area contributed by atoms with Gasteiger partial charge in [-0.15, -0.1) is 0 Å². The van der Waals surface area contributed by atoms with Crippen molar-refractivity contribution in [1.29, 1.82) is 0 Å². The third-order valence-corrected chi connectivity index (χ3v) is 17.6. The summed E-state index contributed by atoms with van der Waals surface area (Å²) in [5.41, 5.74) is 32.0. The average molecular weight is 1250 g/mol. The lowest BCUT2D eigenvalue weighted by Crippen LogP contribution is -2.34. The van der Waals surface area contributed by atoms with E-state index in [0.29, 0.717) is 16.8 Å². The predicted octanol–water partition coefficient (Wildman–Crippen LogP) is 18.0. The van der Waals surface area contributed by atoms with Gasteiger partial charge in [0.2, 0.25) is 34.2 Å². The third kappa shape index (κ3) is 18.1. The zero-order valence-corrected chi connectivity index (χ0v) is 59.1. The molecule has 6 heteroatoms. The van der Waals surface area contributed by atoms with E-state index in [0.717, 1.165) is 44.9 Å². The summed E-state index contributed by atoms with van der Waals surface area (Å²) in [6, 6.07) is 66.4. The molecule has 0 saturated heterocycles. The molecule has 94 heavy (non-hydrogen) atoms. The number of hydrogen-bond donors (Lipinski definition) is 0. The van der Waals surface area contributed by atoms with Crippen molar-refractivity contribution in [2.45, 2.75) is 111 Å². The van der Waals surface area contributed by atoms with Crippen LogP contribution in [0.2, 0.25) is 0 Å². The molecule has 0 aliphatic carbocycles. The Balaban J connectivity index is 0.000000173. The van der Waals surface area contributed by atoms with Gasteiger partial charge in [0.05, 0.1) is 0 Å². The molecule has 0 saturated carbocycles. The zero-order valence-electron chi connectivity index (χ0n) is 68.1. The van der Waals surface area contributed by atoms with Gasteiger partial charge in [0.1, 0.15) is 42.3 Å². The number of benzene rings is 6. The van der Waals surface area contributed by atoms with Gasteiger partial charge in [-0.2, -0.15) is 4.57 Å². The summed E-state index contributed by atoms with van der Waals surface area (Å²) in [5.74, 6) is 0. The first kappa shape index (κ1) is 59.2. The molecular weight excluding hydrogens is 1140 g/mol. The second kappa shape index (κ2) is 33.2. The van der Waals surface area contributed by atoms with Crippen molar-refractivity contribution in [3.8, 4) is 67.5 Å². The van der Waals surface area contributed by atoms with Crippen molar-refractivity contribution < 1.29 is 39.7 Å². The van der Waals surface area contributed by atoms with E-state index in [2.05, 4.69) is 208 Å². The minimum absolute atomic E-state index is 0.350. The van der Waals surface area contributed by atoms with Crippen LogP contribution < -0.4 is 27.4 Å². The highest BCUT2D eigenvalue weighted by molar-refractivity contribution is 5.68. The number of pyridine rings is 6. The Morgan fingerprint density at radius 1 is 0.245 bits per heavy atom. The standard InChI is InChI=1S/C16H20N.2C15H18N.3C14H16N/c1-11-8-6-7-9-15(11)16-14(4)13(3)12(2)10-17(16)5;1-11-9-13(3)15(16(4)10-11)14-8-6-5-7-12(14)2;1-11-9-10-16(4)15(13(11)3)14-8-6-5-7-12(14)2;1-11-7-4-5-9-13(11)14-10-6-8-12(2)15(14)3;1-11-8-9-15(3)14(10-11)13-7-5-4-6-12(13)2;1-11-8-9-14(15(3)10-11)13-7-5-4-6-12(13)2/h6-10H,1-5H3;2*5-10H,1-4H3;3*4-10H,1-3H3/q6*+1/i;;;2D3;2*1D3. The zero-order chi connectivity index (χ0) is 76.0. The van der Waals surface area contributed by atoms with E-state index in [4.69, 9.17) is 12.3 Å². The molecule has 6 aromatic heterocycles. The maximum atomic E-state index is 7.54. The van der Waals surface area contributed by atoms with Gasteiger partial charge < -0.3 is 0 Å². The first-order valence-corrected chi connectivity index (χ1v) is 32.2. The van der Waals surface area contributed by atoms with Crippen LogP contribution in [0.4, 0.5) is 0 Å². The van der Waals surface area contributed by atoms with Crippen LogP contribution in [0, 0.1) is 111 Å². The van der Waals surface area contributed by atoms with E-state index in [9.17, 15) is 0 Å². The monoisotopic (exact) mass is 1250 g/mol. The van der Waals surface area contributed by atoms with Crippen LogP contribution in [-0.4, -0.2) is 0 Å². The Labute approximate surface area is 577 Å². The van der Waals surface area contributed by atoms with Gasteiger partial charge in [-0.05, 0) is 208 Å². The van der Waals surface area contributed by atoms with Gasteiger partial charge in [0.25, 0.3) is 0 Å². The average Bonchev–Trinajstić information content (AvgIpc) is 0.823. The Bertz CT molecular complexity index is 4880. The van der Waals surface area contributed by atoms with E-state index < -0.39 is 20.6 Å². The van der Waals surface area contributed by atoms with Gasteiger partial charge in [-0.1, -0.05) is 109 Å². The first-order valence-electron chi connectivity index (χ1n) is 36.7.